The first kappa shape index (κ1) is 20.1. The van der Waals surface area contributed by atoms with Gasteiger partial charge >= 0.3 is 5.97 Å². The van der Waals surface area contributed by atoms with Gasteiger partial charge in [-0.3, -0.25) is 10.1 Å². The smallest absolute Gasteiger partial charge is 0.323 e. The van der Waals surface area contributed by atoms with E-state index in [0.29, 0.717) is 12.2 Å². The number of ether oxygens (including phenoxy) is 2. The fraction of sp³-hybridized carbons (Fsp3) is 0.682. The summed E-state index contributed by atoms with van der Waals surface area (Å²) in [4.78, 5) is 14.1. The van der Waals surface area contributed by atoms with Crippen molar-refractivity contribution in [2.75, 3.05) is 20.7 Å². The number of carboxylic acid groups (broad SMARTS) is 1. The number of carboxylic acids is 1. The molecule has 1 saturated carbocycles. The van der Waals surface area contributed by atoms with Crippen molar-refractivity contribution in [2.24, 2.45) is 0 Å². The van der Waals surface area contributed by atoms with Crippen LogP contribution in [0, 0.1) is 0 Å². The number of likely N-dealkylation sites (tertiary alicyclic amines) is 1. The van der Waals surface area contributed by atoms with Crippen molar-refractivity contribution in [3.8, 4) is 11.5 Å². The minimum Gasteiger partial charge on any atom is -0.504 e. The number of nitrogens with zero attached hydrogens (tertiary/aromatic N) is 1. The largest absolute Gasteiger partial charge is 0.504 e. The third-order valence-corrected chi connectivity index (χ3v) is 8.20. The van der Waals surface area contributed by atoms with Crippen molar-refractivity contribution < 1.29 is 29.6 Å². The van der Waals surface area contributed by atoms with Crippen molar-refractivity contribution in [3.63, 3.8) is 0 Å². The van der Waals surface area contributed by atoms with Crippen LogP contribution in [0.2, 0.25) is 0 Å². The number of carbonyl (C=O) groups is 1. The van der Waals surface area contributed by atoms with E-state index in [1.165, 1.54) is 12.5 Å². The molecule has 2 unspecified atom stereocenters. The first-order chi connectivity index (χ1) is 14.3. The van der Waals surface area contributed by atoms with E-state index < -0.39 is 29.1 Å². The summed E-state index contributed by atoms with van der Waals surface area (Å²) in [6.45, 7) is 2.35. The Balaban J connectivity index is 1.67. The molecule has 5 rings (SSSR count). The molecule has 4 N–H and O–H groups in total. The lowest BCUT2D eigenvalue weighted by molar-refractivity contribution is -0.204. The Hall–Kier alpha value is -1.87. The summed E-state index contributed by atoms with van der Waals surface area (Å²) in [5.41, 5.74) is 1.26. The van der Waals surface area contributed by atoms with E-state index >= 15 is 0 Å². The van der Waals surface area contributed by atoms with Gasteiger partial charge in [-0.1, -0.05) is 6.07 Å². The number of aliphatic hydroxyl groups is 1. The predicted octanol–water partition coefficient (Wildman–Crippen LogP) is 0.622. The summed E-state index contributed by atoms with van der Waals surface area (Å²) < 4.78 is 12.8. The summed E-state index contributed by atoms with van der Waals surface area (Å²) in [6.07, 6.45) is 1.60. The Kier molecular flexibility index (Phi) is 4.39. The molecular formula is C22H30N2O6. The van der Waals surface area contributed by atoms with Crippen molar-refractivity contribution >= 4 is 5.97 Å². The number of piperidine rings is 1. The molecule has 8 nitrogen and oxygen atoms in total. The van der Waals surface area contributed by atoms with Gasteiger partial charge in [0.25, 0.3) is 0 Å². The lowest BCUT2D eigenvalue weighted by atomic mass is 9.48. The number of rotatable bonds is 5. The number of benzene rings is 1. The molecule has 1 aromatic rings. The van der Waals surface area contributed by atoms with Gasteiger partial charge in [0.15, 0.2) is 11.5 Å². The normalized spacial score (nSPS) is 38.5. The second-order valence-electron chi connectivity index (χ2n) is 9.37. The Bertz CT molecular complexity index is 891. The Labute approximate surface area is 175 Å². The standard InChI is InChI=1S/C22H30N2O6/c1-11(25)17(20(27)28)23-13-6-7-22(29-3)15-10-12-4-5-14(26)18-16(12)21(22,19(13)30-18)8-9-24(15)2/h4-5,11,13,15,17,19,23,25-26H,6-10H2,1-3H3,(H,27,28)/t11-,13-,15?,17+,19+,21?,22-/m1/s1. The highest BCUT2D eigenvalue weighted by molar-refractivity contribution is 5.74. The monoisotopic (exact) mass is 418 g/mol. The molecule has 1 spiro atoms. The van der Waals surface area contributed by atoms with Gasteiger partial charge in [0.2, 0.25) is 0 Å². The van der Waals surface area contributed by atoms with Gasteiger partial charge < -0.3 is 29.7 Å². The van der Waals surface area contributed by atoms with Crippen LogP contribution in [0.3, 0.4) is 0 Å². The summed E-state index contributed by atoms with van der Waals surface area (Å²) >= 11 is 0. The number of nitrogens with one attached hydrogen (secondary N) is 1. The molecule has 2 bridgehead atoms. The summed E-state index contributed by atoms with van der Waals surface area (Å²) in [6, 6.07) is 2.48. The predicted molar refractivity (Wildman–Crippen MR) is 108 cm³/mol. The van der Waals surface area contributed by atoms with Gasteiger partial charge in [-0.05, 0) is 57.8 Å². The number of likely N-dealkylation sites (N-methyl/N-ethyl adjacent to an activating group) is 1. The van der Waals surface area contributed by atoms with Crippen LogP contribution in [0.25, 0.3) is 0 Å². The SMILES string of the molecule is CO[C@@]12CC[C@@H](N[C@H](C(=O)O)[C@@H](C)O)[C@@H]3Oc4c(O)ccc5c4C31CCN(C)C2C5. The number of aromatic hydroxyl groups is 1. The van der Waals surface area contributed by atoms with Crippen LogP contribution >= 0.6 is 0 Å². The van der Waals surface area contributed by atoms with Crippen LogP contribution in [0.15, 0.2) is 12.1 Å². The van der Waals surface area contributed by atoms with E-state index in [1.807, 2.05) is 6.07 Å². The second-order valence-corrected chi connectivity index (χ2v) is 9.37. The van der Waals surface area contributed by atoms with Crippen molar-refractivity contribution in [1.29, 1.82) is 0 Å². The van der Waals surface area contributed by atoms with Gasteiger partial charge in [-0.25, -0.2) is 0 Å². The minimum atomic E-state index is -1.09. The molecule has 1 aromatic carbocycles. The molecule has 2 fully saturated rings. The van der Waals surface area contributed by atoms with Crippen molar-refractivity contribution in [3.05, 3.63) is 23.3 Å². The third-order valence-electron chi connectivity index (χ3n) is 8.20. The van der Waals surface area contributed by atoms with E-state index in [-0.39, 0.29) is 23.9 Å². The molecule has 1 saturated heterocycles. The first-order valence-electron chi connectivity index (χ1n) is 10.7. The highest BCUT2D eigenvalue weighted by Crippen LogP contribution is 2.66. The fourth-order valence-corrected chi connectivity index (χ4v) is 6.96. The van der Waals surface area contributed by atoms with E-state index in [9.17, 15) is 20.1 Å². The summed E-state index contributed by atoms with van der Waals surface area (Å²) in [7, 11) is 3.90. The van der Waals surface area contributed by atoms with Crippen LogP contribution in [0.1, 0.15) is 37.3 Å². The lowest BCUT2D eigenvalue weighted by Gasteiger charge is -2.65. The van der Waals surface area contributed by atoms with E-state index in [0.717, 1.165) is 31.4 Å². The maximum atomic E-state index is 11.7. The molecule has 4 aliphatic rings. The second kappa shape index (κ2) is 6.56. The average Bonchev–Trinajstić information content (AvgIpc) is 3.06. The Morgan fingerprint density at radius 3 is 2.83 bits per heavy atom. The first-order valence-corrected chi connectivity index (χ1v) is 10.7. The zero-order valence-electron chi connectivity index (χ0n) is 17.6. The number of aliphatic hydroxyl groups excluding tert-OH is 1. The zero-order chi connectivity index (χ0) is 21.4. The number of aliphatic carboxylic acids is 1. The summed E-state index contributed by atoms with van der Waals surface area (Å²) in [5, 5.41) is 33.4. The van der Waals surface area contributed by atoms with Crippen molar-refractivity contribution in [2.45, 2.75) is 74.0 Å². The average molecular weight is 418 g/mol. The lowest BCUT2D eigenvalue weighted by Crippen LogP contribution is -2.78. The Morgan fingerprint density at radius 1 is 1.40 bits per heavy atom. The molecule has 0 aromatic heterocycles. The number of methoxy groups -OCH3 is 1. The molecule has 164 valence electrons. The molecule has 0 radical (unpaired) electrons. The van der Waals surface area contributed by atoms with Crippen LogP contribution in [0.5, 0.6) is 11.5 Å². The number of hydrogen-bond acceptors (Lipinski definition) is 7. The van der Waals surface area contributed by atoms with E-state index in [2.05, 4.69) is 17.3 Å². The number of phenols is 1. The van der Waals surface area contributed by atoms with Gasteiger partial charge in [-0.15, -0.1) is 0 Å². The Morgan fingerprint density at radius 2 is 2.17 bits per heavy atom. The molecule has 0 amide bonds. The van der Waals surface area contributed by atoms with Gasteiger partial charge in [0.05, 0.1) is 17.1 Å². The third kappa shape index (κ3) is 2.28. The van der Waals surface area contributed by atoms with Gasteiger partial charge in [0.1, 0.15) is 12.1 Å². The molecule has 8 heteroatoms. The molecule has 2 aliphatic carbocycles. The maximum Gasteiger partial charge on any atom is 0.323 e. The molecule has 7 atom stereocenters. The topological polar surface area (TPSA) is 111 Å². The maximum absolute atomic E-state index is 11.7. The summed E-state index contributed by atoms with van der Waals surface area (Å²) in [5.74, 6) is -0.460. The molecule has 2 aliphatic heterocycles. The highest BCUT2D eigenvalue weighted by atomic mass is 16.5. The van der Waals surface area contributed by atoms with Gasteiger partial charge in [-0.2, -0.15) is 0 Å². The minimum absolute atomic E-state index is 0.115. The quantitative estimate of drug-likeness (QED) is 0.551. The fourth-order valence-electron chi connectivity index (χ4n) is 6.96. The van der Waals surface area contributed by atoms with Crippen LogP contribution in [-0.4, -0.2) is 82.8 Å². The van der Waals surface area contributed by atoms with Crippen LogP contribution in [-0.2, 0) is 21.4 Å². The molecular weight excluding hydrogens is 388 g/mol. The van der Waals surface area contributed by atoms with E-state index in [1.54, 1.807) is 13.2 Å². The van der Waals surface area contributed by atoms with Crippen molar-refractivity contribution in [1.82, 2.24) is 10.2 Å². The highest BCUT2D eigenvalue weighted by Gasteiger charge is 2.73. The van der Waals surface area contributed by atoms with Crippen LogP contribution in [0.4, 0.5) is 0 Å². The van der Waals surface area contributed by atoms with Crippen LogP contribution < -0.4 is 10.1 Å². The van der Waals surface area contributed by atoms with Gasteiger partial charge in [0, 0.05) is 24.8 Å². The number of phenolic OH excluding ortho intramolecular Hbond substituents is 1. The number of hydrogen-bond donors (Lipinski definition) is 4. The van der Waals surface area contributed by atoms with E-state index in [4.69, 9.17) is 9.47 Å². The zero-order valence-corrected chi connectivity index (χ0v) is 17.6. The molecule has 30 heavy (non-hydrogen) atoms. The molecule has 2 heterocycles.